The number of piperidine rings is 1. The van der Waals surface area contributed by atoms with Crippen LogP contribution < -0.4 is 19.7 Å². The molecule has 1 atom stereocenters. The molecule has 1 aliphatic heterocycles. The number of hydrogen-bond acceptors (Lipinski definition) is 4. The molecule has 5 heteroatoms. The number of carbonyl (C=O) groups excluding carboxylic acids is 1. The summed E-state index contributed by atoms with van der Waals surface area (Å²) in [6, 6.07) is 13.3. The first kappa shape index (κ1) is 18.1. The van der Waals surface area contributed by atoms with Crippen molar-refractivity contribution in [1.29, 1.82) is 0 Å². The molecule has 0 aromatic heterocycles. The van der Waals surface area contributed by atoms with Crippen LogP contribution in [-0.2, 0) is 0 Å². The molecule has 1 fully saturated rings. The molecule has 1 saturated heterocycles. The Morgan fingerprint density at radius 1 is 1.08 bits per heavy atom. The quantitative estimate of drug-likeness (QED) is 0.875. The number of carbonyl (C=O) groups is 1. The Kier molecular flexibility index (Phi) is 5.66. The largest absolute Gasteiger partial charge is 0.496 e. The predicted molar refractivity (Wildman–Crippen MR) is 105 cm³/mol. The summed E-state index contributed by atoms with van der Waals surface area (Å²) in [6.45, 7) is 4.47. The molecule has 1 aliphatic rings. The van der Waals surface area contributed by atoms with Crippen molar-refractivity contribution >= 4 is 17.3 Å². The second kappa shape index (κ2) is 8.13. The lowest BCUT2D eigenvalue weighted by Crippen LogP contribution is -2.34. The third-order valence-corrected chi connectivity index (χ3v) is 4.80. The number of rotatable bonds is 5. The van der Waals surface area contributed by atoms with Gasteiger partial charge in [0.05, 0.1) is 14.2 Å². The standard InChI is InChI=1S/C21H26N2O3/c1-15-6-5-13-23(14-15)17-11-9-16(10-12-17)22-21(24)20-18(25-2)7-4-8-19(20)26-3/h4,7-12,15H,5-6,13-14H2,1-3H3,(H,22,24). The zero-order valence-corrected chi connectivity index (χ0v) is 15.6. The smallest absolute Gasteiger partial charge is 0.263 e. The molecule has 0 saturated carbocycles. The van der Waals surface area contributed by atoms with Crippen LogP contribution in [0.25, 0.3) is 0 Å². The van der Waals surface area contributed by atoms with Gasteiger partial charge in [-0.2, -0.15) is 0 Å². The van der Waals surface area contributed by atoms with Crippen molar-refractivity contribution in [3.05, 3.63) is 48.0 Å². The molecule has 0 bridgehead atoms. The number of anilines is 2. The summed E-state index contributed by atoms with van der Waals surface area (Å²) in [6.07, 6.45) is 2.53. The minimum Gasteiger partial charge on any atom is -0.496 e. The highest BCUT2D eigenvalue weighted by molar-refractivity contribution is 6.08. The van der Waals surface area contributed by atoms with E-state index in [9.17, 15) is 4.79 Å². The van der Waals surface area contributed by atoms with Crippen molar-refractivity contribution in [2.24, 2.45) is 5.92 Å². The lowest BCUT2D eigenvalue weighted by molar-refractivity contribution is 0.102. The van der Waals surface area contributed by atoms with Gasteiger partial charge in [0.2, 0.25) is 0 Å². The summed E-state index contributed by atoms with van der Waals surface area (Å²) in [7, 11) is 3.08. The van der Waals surface area contributed by atoms with Crippen LogP contribution in [0.5, 0.6) is 11.5 Å². The monoisotopic (exact) mass is 354 g/mol. The third-order valence-electron chi connectivity index (χ3n) is 4.80. The fourth-order valence-corrected chi connectivity index (χ4v) is 3.45. The summed E-state index contributed by atoms with van der Waals surface area (Å²) < 4.78 is 10.6. The molecule has 1 amide bonds. The van der Waals surface area contributed by atoms with Crippen LogP contribution >= 0.6 is 0 Å². The maximum absolute atomic E-state index is 12.7. The molecule has 2 aromatic carbocycles. The van der Waals surface area contributed by atoms with Gasteiger partial charge in [0.25, 0.3) is 5.91 Å². The first-order chi connectivity index (χ1) is 12.6. The Balaban J connectivity index is 1.74. The number of nitrogens with zero attached hydrogens (tertiary/aromatic N) is 1. The van der Waals surface area contributed by atoms with Gasteiger partial charge in [-0.15, -0.1) is 0 Å². The molecule has 3 rings (SSSR count). The molecule has 0 aliphatic carbocycles. The van der Waals surface area contributed by atoms with E-state index in [2.05, 4.69) is 29.3 Å². The van der Waals surface area contributed by atoms with Crippen molar-refractivity contribution in [2.75, 3.05) is 37.5 Å². The number of ether oxygens (including phenoxy) is 2. The highest BCUT2D eigenvalue weighted by atomic mass is 16.5. The second-order valence-electron chi connectivity index (χ2n) is 6.73. The normalized spacial score (nSPS) is 16.9. The van der Waals surface area contributed by atoms with Crippen LogP contribution in [0.3, 0.4) is 0 Å². The Morgan fingerprint density at radius 2 is 1.73 bits per heavy atom. The number of nitrogens with one attached hydrogen (secondary N) is 1. The van der Waals surface area contributed by atoms with Crippen molar-refractivity contribution in [2.45, 2.75) is 19.8 Å². The average Bonchev–Trinajstić information content (AvgIpc) is 2.67. The Bertz CT molecular complexity index is 736. The van der Waals surface area contributed by atoms with Crippen molar-refractivity contribution in [3.8, 4) is 11.5 Å². The van der Waals surface area contributed by atoms with E-state index < -0.39 is 0 Å². The summed E-state index contributed by atoms with van der Waals surface area (Å²) in [5.74, 6) is 1.45. The summed E-state index contributed by atoms with van der Waals surface area (Å²) in [5.41, 5.74) is 2.34. The molecule has 0 spiro atoms. The Morgan fingerprint density at radius 3 is 2.31 bits per heavy atom. The van der Waals surface area contributed by atoms with E-state index in [1.807, 2.05) is 12.1 Å². The fraction of sp³-hybridized carbons (Fsp3) is 0.381. The molecule has 138 valence electrons. The summed E-state index contributed by atoms with van der Waals surface area (Å²) in [5, 5.41) is 2.93. The van der Waals surface area contributed by atoms with E-state index in [0.29, 0.717) is 17.1 Å². The molecule has 26 heavy (non-hydrogen) atoms. The van der Waals surface area contributed by atoms with E-state index in [0.717, 1.165) is 24.7 Å². The molecule has 1 unspecified atom stereocenters. The Labute approximate surface area is 154 Å². The zero-order chi connectivity index (χ0) is 18.5. The first-order valence-corrected chi connectivity index (χ1v) is 8.99. The summed E-state index contributed by atoms with van der Waals surface area (Å²) >= 11 is 0. The second-order valence-corrected chi connectivity index (χ2v) is 6.73. The molecule has 1 N–H and O–H groups in total. The lowest BCUT2D eigenvalue weighted by atomic mass is 10.00. The van der Waals surface area contributed by atoms with E-state index in [1.54, 1.807) is 32.4 Å². The minimum atomic E-state index is -0.251. The third kappa shape index (κ3) is 3.93. The van der Waals surface area contributed by atoms with Gasteiger partial charge in [-0.05, 0) is 55.2 Å². The maximum Gasteiger partial charge on any atom is 0.263 e. The highest BCUT2D eigenvalue weighted by Crippen LogP contribution is 2.29. The van der Waals surface area contributed by atoms with Crippen LogP contribution in [0.2, 0.25) is 0 Å². The summed E-state index contributed by atoms with van der Waals surface area (Å²) in [4.78, 5) is 15.1. The molecule has 1 heterocycles. The van der Waals surface area contributed by atoms with E-state index in [1.165, 1.54) is 18.5 Å². The van der Waals surface area contributed by atoms with E-state index in [4.69, 9.17) is 9.47 Å². The van der Waals surface area contributed by atoms with Crippen LogP contribution in [0.4, 0.5) is 11.4 Å². The van der Waals surface area contributed by atoms with Gasteiger partial charge in [0, 0.05) is 24.5 Å². The van der Waals surface area contributed by atoms with Crippen molar-refractivity contribution in [3.63, 3.8) is 0 Å². The number of hydrogen-bond donors (Lipinski definition) is 1. The molecular formula is C21H26N2O3. The van der Waals surface area contributed by atoms with Gasteiger partial charge >= 0.3 is 0 Å². The van der Waals surface area contributed by atoms with Gasteiger partial charge in [0.1, 0.15) is 17.1 Å². The van der Waals surface area contributed by atoms with E-state index in [-0.39, 0.29) is 5.91 Å². The zero-order valence-electron chi connectivity index (χ0n) is 15.6. The average molecular weight is 354 g/mol. The lowest BCUT2D eigenvalue weighted by Gasteiger charge is -2.32. The van der Waals surface area contributed by atoms with Crippen LogP contribution in [-0.4, -0.2) is 33.2 Å². The number of methoxy groups -OCH3 is 2. The number of benzene rings is 2. The van der Waals surface area contributed by atoms with Gasteiger partial charge in [-0.1, -0.05) is 13.0 Å². The fourth-order valence-electron chi connectivity index (χ4n) is 3.45. The molecule has 0 radical (unpaired) electrons. The van der Waals surface area contributed by atoms with Crippen LogP contribution in [0.15, 0.2) is 42.5 Å². The SMILES string of the molecule is COc1cccc(OC)c1C(=O)Nc1ccc(N2CCCC(C)C2)cc1. The van der Waals surface area contributed by atoms with Crippen LogP contribution in [0.1, 0.15) is 30.1 Å². The van der Waals surface area contributed by atoms with Gasteiger partial charge in [-0.25, -0.2) is 0 Å². The predicted octanol–water partition coefficient (Wildman–Crippen LogP) is 4.19. The van der Waals surface area contributed by atoms with Gasteiger partial charge in [-0.3, -0.25) is 4.79 Å². The van der Waals surface area contributed by atoms with E-state index >= 15 is 0 Å². The highest BCUT2D eigenvalue weighted by Gasteiger charge is 2.19. The molecule has 5 nitrogen and oxygen atoms in total. The number of amides is 1. The topological polar surface area (TPSA) is 50.8 Å². The molecule has 2 aromatic rings. The van der Waals surface area contributed by atoms with Gasteiger partial charge in [0.15, 0.2) is 0 Å². The minimum absolute atomic E-state index is 0.251. The van der Waals surface area contributed by atoms with Crippen molar-refractivity contribution in [1.82, 2.24) is 0 Å². The molecular weight excluding hydrogens is 328 g/mol. The first-order valence-electron chi connectivity index (χ1n) is 8.99. The van der Waals surface area contributed by atoms with Crippen LogP contribution in [0, 0.1) is 5.92 Å². The maximum atomic E-state index is 12.7. The Hall–Kier alpha value is -2.69. The van der Waals surface area contributed by atoms with Gasteiger partial charge < -0.3 is 19.7 Å². The van der Waals surface area contributed by atoms with Crippen molar-refractivity contribution < 1.29 is 14.3 Å².